The summed E-state index contributed by atoms with van der Waals surface area (Å²) < 4.78 is 3.82. The van der Waals surface area contributed by atoms with E-state index in [-0.39, 0.29) is 6.10 Å². The summed E-state index contributed by atoms with van der Waals surface area (Å²) in [5.41, 5.74) is 5.07. The maximum atomic E-state index is 9.85. The van der Waals surface area contributed by atoms with Crippen molar-refractivity contribution < 1.29 is 5.11 Å². The van der Waals surface area contributed by atoms with Crippen LogP contribution in [0.1, 0.15) is 43.0 Å². The van der Waals surface area contributed by atoms with E-state index >= 15 is 0 Å². The predicted molar refractivity (Wildman–Crippen MR) is 129 cm³/mol. The zero-order valence-electron chi connectivity index (χ0n) is 18.3. The van der Waals surface area contributed by atoms with Crippen LogP contribution in [0.3, 0.4) is 0 Å². The topological polar surface area (TPSA) is 91.5 Å². The highest BCUT2D eigenvalue weighted by atomic mass is 32.2. The molecule has 1 aromatic carbocycles. The molecule has 1 fully saturated rings. The zero-order valence-corrected chi connectivity index (χ0v) is 19.2. The summed E-state index contributed by atoms with van der Waals surface area (Å²) >= 11 is 1.55. The molecular weight excluding hydrogens is 432 g/mol. The summed E-state index contributed by atoms with van der Waals surface area (Å²) in [4.78, 5) is 6.03. The quantitative estimate of drug-likeness (QED) is 0.410. The van der Waals surface area contributed by atoms with Crippen LogP contribution in [0.15, 0.2) is 63.7 Å². The van der Waals surface area contributed by atoms with E-state index in [4.69, 9.17) is 5.10 Å². The van der Waals surface area contributed by atoms with Crippen LogP contribution in [0.25, 0.3) is 16.6 Å². The molecule has 1 N–H and O–H groups in total. The first-order chi connectivity index (χ1) is 16.1. The molecule has 1 saturated carbocycles. The zero-order chi connectivity index (χ0) is 22.9. The van der Waals surface area contributed by atoms with Gasteiger partial charge in [0.15, 0.2) is 0 Å². The lowest BCUT2D eigenvalue weighted by molar-refractivity contribution is 0.108. The Morgan fingerprint density at radius 3 is 2.73 bits per heavy atom. The van der Waals surface area contributed by atoms with E-state index < -0.39 is 0 Å². The summed E-state index contributed by atoms with van der Waals surface area (Å²) in [7, 11) is 0. The average Bonchev–Trinajstić information content (AvgIpc) is 3.43. The Kier molecular flexibility index (Phi) is 5.75. The standard InChI is InChI=1S/C25H24N6OS/c1-16-21(15-30(29-16)19-7-9-20(32)10-8-19)17-11-24(25-18(12-26)13-28-31(25)14-17)33-23-6-4-3-5-22(23)27-2/h3-6,11,13-15,19-20,32H,2,7-10H2,1H3. The fourth-order valence-corrected chi connectivity index (χ4v) is 5.57. The molecule has 0 unspecified atom stereocenters. The highest BCUT2D eigenvalue weighted by molar-refractivity contribution is 7.99. The van der Waals surface area contributed by atoms with Crippen LogP contribution in [0.4, 0.5) is 5.69 Å². The molecule has 4 aromatic rings. The summed E-state index contributed by atoms with van der Waals surface area (Å²) in [6.07, 6.45) is 8.94. The largest absolute Gasteiger partial charge is 0.393 e. The van der Waals surface area contributed by atoms with Crippen LogP contribution >= 0.6 is 11.8 Å². The van der Waals surface area contributed by atoms with E-state index in [1.165, 1.54) is 0 Å². The Hall–Kier alpha value is -3.41. The van der Waals surface area contributed by atoms with Crippen molar-refractivity contribution in [2.75, 3.05) is 0 Å². The second-order valence-electron chi connectivity index (χ2n) is 8.35. The molecule has 0 bridgehead atoms. The van der Waals surface area contributed by atoms with Gasteiger partial charge >= 0.3 is 0 Å². The van der Waals surface area contributed by atoms with Gasteiger partial charge in [-0.25, -0.2) is 4.52 Å². The summed E-state index contributed by atoms with van der Waals surface area (Å²) in [6, 6.07) is 12.5. The highest BCUT2D eigenvalue weighted by Gasteiger charge is 2.23. The Morgan fingerprint density at radius 2 is 1.97 bits per heavy atom. The van der Waals surface area contributed by atoms with E-state index in [0.29, 0.717) is 11.6 Å². The molecule has 3 aromatic heterocycles. The second kappa shape index (κ2) is 8.85. The van der Waals surface area contributed by atoms with Crippen molar-refractivity contribution in [1.29, 1.82) is 5.26 Å². The van der Waals surface area contributed by atoms with Crippen molar-refractivity contribution in [2.45, 2.75) is 54.5 Å². The number of aromatic nitrogens is 4. The number of aliphatic hydroxyl groups excluding tert-OH is 1. The van der Waals surface area contributed by atoms with Gasteiger partial charge in [-0.05, 0) is 57.5 Å². The highest BCUT2D eigenvalue weighted by Crippen LogP contribution is 2.40. The number of aliphatic imine (C=N–C) groups is 1. The number of hydrogen-bond acceptors (Lipinski definition) is 6. The first kappa shape index (κ1) is 21.4. The Bertz CT molecular complexity index is 1370. The molecule has 1 aliphatic rings. The monoisotopic (exact) mass is 456 g/mol. The number of hydrogen-bond donors (Lipinski definition) is 1. The lowest BCUT2D eigenvalue weighted by Gasteiger charge is -2.25. The van der Waals surface area contributed by atoms with Gasteiger partial charge < -0.3 is 5.11 Å². The van der Waals surface area contributed by atoms with Gasteiger partial charge in [-0.15, -0.1) is 0 Å². The third-order valence-electron chi connectivity index (χ3n) is 6.22. The number of pyridine rings is 1. The Balaban J connectivity index is 1.59. The lowest BCUT2D eigenvalue weighted by atomic mass is 9.93. The lowest BCUT2D eigenvalue weighted by Crippen LogP contribution is -2.21. The number of para-hydroxylation sites is 1. The van der Waals surface area contributed by atoms with Gasteiger partial charge in [0.25, 0.3) is 0 Å². The van der Waals surface area contributed by atoms with Crippen LogP contribution in [0, 0.1) is 18.3 Å². The van der Waals surface area contributed by atoms with Crippen LogP contribution in [0.2, 0.25) is 0 Å². The fraction of sp³-hybridized carbons (Fsp3) is 0.280. The van der Waals surface area contributed by atoms with Crippen molar-refractivity contribution in [3.63, 3.8) is 0 Å². The van der Waals surface area contributed by atoms with Crippen molar-refractivity contribution >= 4 is 29.7 Å². The molecule has 0 amide bonds. The molecule has 33 heavy (non-hydrogen) atoms. The second-order valence-corrected chi connectivity index (χ2v) is 9.44. The normalized spacial score (nSPS) is 18.3. The molecule has 5 rings (SSSR count). The van der Waals surface area contributed by atoms with E-state index in [0.717, 1.165) is 63.5 Å². The van der Waals surface area contributed by atoms with E-state index in [1.54, 1.807) is 22.5 Å². The Morgan fingerprint density at radius 1 is 1.18 bits per heavy atom. The smallest absolute Gasteiger partial charge is 0.103 e. The van der Waals surface area contributed by atoms with Gasteiger partial charge in [0.2, 0.25) is 0 Å². The molecule has 166 valence electrons. The molecule has 0 radical (unpaired) electrons. The number of nitrogens with zero attached hydrogens (tertiary/aromatic N) is 6. The first-order valence-electron chi connectivity index (χ1n) is 11.0. The van der Waals surface area contributed by atoms with E-state index in [2.05, 4.69) is 35.1 Å². The van der Waals surface area contributed by atoms with Crippen molar-refractivity contribution in [3.8, 4) is 17.2 Å². The van der Waals surface area contributed by atoms with Gasteiger partial charge in [0.05, 0.1) is 40.8 Å². The minimum Gasteiger partial charge on any atom is -0.393 e. The van der Waals surface area contributed by atoms with Crippen LogP contribution in [-0.4, -0.2) is 37.3 Å². The number of benzene rings is 1. The number of aliphatic hydroxyl groups is 1. The summed E-state index contributed by atoms with van der Waals surface area (Å²) in [6.45, 7) is 5.70. The first-order valence-corrected chi connectivity index (χ1v) is 11.8. The molecular formula is C25H24N6OS. The molecule has 0 saturated heterocycles. The number of nitriles is 1. The maximum Gasteiger partial charge on any atom is 0.103 e. The number of aryl methyl sites for hydroxylation is 1. The van der Waals surface area contributed by atoms with Crippen molar-refractivity contribution in [3.05, 3.63) is 60.2 Å². The fourth-order valence-electron chi connectivity index (χ4n) is 4.46. The van der Waals surface area contributed by atoms with Gasteiger partial charge in [0, 0.05) is 33.3 Å². The predicted octanol–water partition coefficient (Wildman–Crippen LogP) is 5.34. The molecule has 8 heteroatoms. The van der Waals surface area contributed by atoms with Crippen molar-refractivity contribution in [2.24, 2.45) is 4.99 Å². The van der Waals surface area contributed by atoms with Gasteiger partial charge in [-0.3, -0.25) is 9.67 Å². The molecule has 3 heterocycles. The number of fused-ring (bicyclic) bond motifs is 1. The van der Waals surface area contributed by atoms with E-state index in [1.807, 2.05) is 42.1 Å². The minimum atomic E-state index is -0.193. The van der Waals surface area contributed by atoms with Crippen LogP contribution in [0.5, 0.6) is 0 Å². The molecule has 0 aliphatic heterocycles. The third kappa shape index (κ3) is 4.06. The van der Waals surface area contributed by atoms with Crippen LogP contribution in [-0.2, 0) is 0 Å². The van der Waals surface area contributed by atoms with Gasteiger partial charge in [-0.1, -0.05) is 23.9 Å². The molecule has 1 aliphatic carbocycles. The van der Waals surface area contributed by atoms with Crippen LogP contribution < -0.4 is 0 Å². The SMILES string of the molecule is C=Nc1ccccc1Sc1cc(-c2cn(C3CCC(O)CC3)nc2C)cn2ncc(C#N)c12. The minimum absolute atomic E-state index is 0.193. The summed E-state index contributed by atoms with van der Waals surface area (Å²) in [5, 5.41) is 28.7. The average molecular weight is 457 g/mol. The van der Waals surface area contributed by atoms with Gasteiger partial charge in [0.1, 0.15) is 6.07 Å². The molecule has 0 atom stereocenters. The molecule has 0 spiro atoms. The van der Waals surface area contributed by atoms with Gasteiger partial charge in [-0.2, -0.15) is 15.5 Å². The third-order valence-corrected chi connectivity index (χ3v) is 7.32. The van der Waals surface area contributed by atoms with Crippen molar-refractivity contribution in [1.82, 2.24) is 19.4 Å². The Labute approximate surface area is 196 Å². The maximum absolute atomic E-state index is 9.85. The molecule has 7 nitrogen and oxygen atoms in total. The summed E-state index contributed by atoms with van der Waals surface area (Å²) in [5.74, 6) is 0. The number of rotatable bonds is 5. The van der Waals surface area contributed by atoms with E-state index in [9.17, 15) is 10.4 Å².